The molecule has 6 heteroatoms. The Hall–Kier alpha value is -2.21. The van der Waals surface area contributed by atoms with Crippen molar-refractivity contribution in [3.63, 3.8) is 0 Å². The molecule has 0 bridgehead atoms. The summed E-state index contributed by atoms with van der Waals surface area (Å²) in [5.74, 6) is 0.636. The smallest absolute Gasteiger partial charge is 0.189 e. The molecule has 0 aliphatic heterocycles. The van der Waals surface area contributed by atoms with Crippen LogP contribution in [0.4, 0.5) is 5.69 Å². The van der Waals surface area contributed by atoms with Crippen molar-refractivity contribution in [1.82, 2.24) is 20.2 Å². The molecule has 1 aromatic heterocycles. The predicted octanol–water partition coefficient (Wildman–Crippen LogP) is 3.29. The van der Waals surface area contributed by atoms with Gasteiger partial charge in [0.05, 0.1) is 5.69 Å². The topological polar surface area (TPSA) is 69.6 Å². The van der Waals surface area contributed by atoms with Crippen molar-refractivity contribution < 1.29 is 0 Å². The summed E-state index contributed by atoms with van der Waals surface area (Å²) in [7, 11) is 0. The Kier molecular flexibility index (Phi) is 3.47. The molecule has 0 spiro atoms. The summed E-state index contributed by atoms with van der Waals surface area (Å²) in [6.07, 6.45) is 0. The van der Waals surface area contributed by atoms with Crippen LogP contribution in [0.3, 0.4) is 0 Å². The molecule has 0 saturated heterocycles. The highest BCUT2D eigenvalue weighted by atomic mass is 79.9. The van der Waals surface area contributed by atoms with Crippen molar-refractivity contribution in [3.05, 3.63) is 52.0 Å². The maximum Gasteiger partial charge on any atom is 0.189 e. The zero-order valence-electron chi connectivity index (χ0n) is 11.7. The number of benzene rings is 2. The lowest BCUT2D eigenvalue weighted by Crippen LogP contribution is -2.04. The van der Waals surface area contributed by atoms with E-state index in [-0.39, 0.29) is 0 Å². The second kappa shape index (κ2) is 5.29. The third-order valence-electron chi connectivity index (χ3n) is 3.39. The zero-order valence-corrected chi connectivity index (χ0v) is 13.3. The lowest BCUT2D eigenvalue weighted by atomic mass is 10.1. The van der Waals surface area contributed by atoms with Gasteiger partial charge in [0.2, 0.25) is 0 Å². The number of nitrogens with zero attached hydrogens (tertiary/aromatic N) is 4. The molecular weight excluding hydrogens is 330 g/mol. The minimum Gasteiger partial charge on any atom is -0.398 e. The van der Waals surface area contributed by atoms with Crippen molar-refractivity contribution in [2.45, 2.75) is 13.8 Å². The third-order valence-corrected chi connectivity index (χ3v) is 4.25. The van der Waals surface area contributed by atoms with Gasteiger partial charge in [0.1, 0.15) is 0 Å². The molecule has 0 radical (unpaired) electrons. The first-order valence-corrected chi connectivity index (χ1v) is 7.27. The van der Waals surface area contributed by atoms with E-state index in [9.17, 15) is 0 Å². The van der Waals surface area contributed by atoms with E-state index in [4.69, 9.17) is 5.73 Å². The van der Waals surface area contributed by atoms with Crippen LogP contribution in [0.1, 0.15) is 11.1 Å². The molecule has 2 aromatic carbocycles. The van der Waals surface area contributed by atoms with E-state index in [1.165, 1.54) is 0 Å². The molecule has 0 aliphatic carbocycles. The van der Waals surface area contributed by atoms with Crippen LogP contribution in [0.15, 0.2) is 40.9 Å². The number of tetrazole rings is 1. The molecular formula is C15H14BrN5. The Balaban J connectivity index is 2.22. The third kappa shape index (κ3) is 2.42. The average molecular weight is 344 g/mol. The normalized spacial score (nSPS) is 10.8. The minimum atomic E-state index is 0.636. The number of aryl methyl sites for hydroxylation is 1. The Labute approximate surface area is 130 Å². The molecule has 3 aromatic rings. The number of halogens is 1. The predicted molar refractivity (Wildman–Crippen MR) is 86.2 cm³/mol. The zero-order chi connectivity index (χ0) is 15.0. The van der Waals surface area contributed by atoms with Gasteiger partial charge in [0, 0.05) is 15.7 Å². The fourth-order valence-corrected chi connectivity index (χ4v) is 2.56. The molecule has 0 aliphatic rings. The van der Waals surface area contributed by atoms with Crippen molar-refractivity contribution in [3.8, 4) is 17.1 Å². The number of rotatable bonds is 2. The lowest BCUT2D eigenvalue weighted by molar-refractivity contribution is 0.787. The maximum atomic E-state index is 6.08. The molecule has 0 saturated carbocycles. The summed E-state index contributed by atoms with van der Waals surface area (Å²) in [4.78, 5) is 0. The van der Waals surface area contributed by atoms with Gasteiger partial charge >= 0.3 is 0 Å². The summed E-state index contributed by atoms with van der Waals surface area (Å²) in [6.45, 7) is 4.03. The van der Waals surface area contributed by atoms with Crippen molar-refractivity contribution >= 4 is 21.6 Å². The van der Waals surface area contributed by atoms with Gasteiger partial charge < -0.3 is 5.73 Å². The second-order valence-corrected chi connectivity index (χ2v) is 5.74. The van der Waals surface area contributed by atoms with E-state index in [1.807, 2.05) is 50.2 Å². The van der Waals surface area contributed by atoms with E-state index in [0.29, 0.717) is 11.5 Å². The first-order chi connectivity index (χ1) is 10.1. The van der Waals surface area contributed by atoms with E-state index < -0.39 is 0 Å². The van der Waals surface area contributed by atoms with Gasteiger partial charge in [-0.25, -0.2) is 0 Å². The molecule has 5 nitrogen and oxygen atoms in total. The van der Waals surface area contributed by atoms with Gasteiger partial charge in [-0.2, -0.15) is 4.68 Å². The molecule has 21 heavy (non-hydrogen) atoms. The van der Waals surface area contributed by atoms with Crippen LogP contribution in [-0.2, 0) is 0 Å². The van der Waals surface area contributed by atoms with Crippen LogP contribution in [0.5, 0.6) is 0 Å². The van der Waals surface area contributed by atoms with Crippen LogP contribution in [0, 0.1) is 13.8 Å². The number of nitrogen functional groups attached to an aromatic ring is 1. The van der Waals surface area contributed by atoms with Crippen LogP contribution in [0.2, 0.25) is 0 Å². The molecule has 0 atom stereocenters. The van der Waals surface area contributed by atoms with Crippen molar-refractivity contribution in [2.24, 2.45) is 0 Å². The molecule has 2 N–H and O–H groups in total. The summed E-state index contributed by atoms with van der Waals surface area (Å²) < 4.78 is 2.73. The van der Waals surface area contributed by atoms with Crippen molar-refractivity contribution in [2.75, 3.05) is 5.73 Å². The fourth-order valence-electron chi connectivity index (χ4n) is 2.21. The summed E-state index contributed by atoms with van der Waals surface area (Å²) in [6, 6.07) is 11.8. The lowest BCUT2D eigenvalue weighted by Gasteiger charge is -2.10. The van der Waals surface area contributed by atoms with Crippen molar-refractivity contribution in [1.29, 1.82) is 0 Å². The average Bonchev–Trinajstić information content (AvgIpc) is 2.93. The Morgan fingerprint density at radius 2 is 1.95 bits per heavy atom. The summed E-state index contributed by atoms with van der Waals surface area (Å²) >= 11 is 3.53. The molecule has 0 fully saturated rings. The Bertz CT molecular complexity index is 793. The maximum absolute atomic E-state index is 6.08. The molecule has 0 amide bonds. The highest BCUT2D eigenvalue weighted by molar-refractivity contribution is 9.10. The van der Waals surface area contributed by atoms with E-state index in [2.05, 4.69) is 31.5 Å². The second-order valence-electron chi connectivity index (χ2n) is 4.89. The monoisotopic (exact) mass is 343 g/mol. The first-order valence-electron chi connectivity index (χ1n) is 6.48. The van der Waals surface area contributed by atoms with Gasteiger partial charge in [-0.15, -0.1) is 5.10 Å². The molecule has 106 valence electrons. The first kappa shape index (κ1) is 13.8. The van der Waals surface area contributed by atoms with Gasteiger partial charge in [-0.1, -0.05) is 33.6 Å². The van der Waals surface area contributed by atoms with Gasteiger partial charge in [-0.3, -0.25) is 0 Å². The minimum absolute atomic E-state index is 0.636. The number of aromatic nitrogens is 4. The SMILES string of the molecule is Cc1ccc(N)c(-c2nnnn2-c2cccc(Br)c2C)c1. The van der Waals surface area contributed by atoms with Crippen LogP contribution in [0.25, 0.3) is 17.1 Å². The number of hydrogen-bond acceptors (Lipinski definition) is 4. The number of hydrogen-bond donors (Lipinski definition) is 1. The van der Waals surface area contributed by atoms with Crippen LogP contribution < -0.4 is 5.73 Å². The van der Waals surface area contributed by atoms with Gasteiger partial charge in [-0.05, 0) is 54.1 Å². The molecule has 1 heterocycles. The van der Waals surface area contributed by atoms with Crippen LogP contribution >= 0.6 is 15.9 Å². The van der Waals surface area contributed by atoms with Crippen LogP contribution in [-0.4, -0.2) is 20.2 Å². The van der Waals surface area contributed by atoms with E-state index >= 15 is 0 Å². The largest absolute Gasteiger partial charge is 0.398 e. The van der Waals surface area contributed by atoms with E-state index in [0.717, 1.165) is 26.9 Å². The Morgan fingerprint density at radius 3 is 2.76 bits per heavy atom. The Morgan fingerprint density at radius 1 is 1.14 bits per heavy atom. The summed E-state index contributed by atoms with van der Waals surface area (Å²) in [5, 5.41) is 12.1. The quantitative estimate of drug-likeness (QED) is 0.725. The van der Waals surface area contributed by atoms with Gasteiger partial charge in [0.15, 0.2) is 5.82 Å². The molecule has 0 unspecified atom stereocenters. The molecule has 3 rings (SSSR count). The highest BCUT2D eigenvalue weighted by Crippen LogP contribution is 2.29. The fraction of sp³-hybridized carbons (Fsp3) is 0.133. The number of anilines is 1. The standard InChI is InChI=1S/C15H14BrN5/c1-9-6-7-13(17)11(8-9)15-18-19-20-21(15)14-5-3-4-12(16)10(14)2/h3-8H,17H2,1-2H3. The van der Waals surface area contributed by atoms with E-state index in [1.54, 1.807) is 4.68 Å². The highest BCUT2D eigenvalue weighted by Gasteiger charge is 2.15. The van der Waals surface area contributed by atoms with Gasteiger partial charge in [0.25, 0.3) is 0 Å². The summed E-state index contributed by atoms with van der Waals surface area (Å²) in [5.41, 5.74) is 10.7. The number of nitrogens with two attached hydrogens (primary N) is 1.